The van der Waals surface area contributed by atoms with Crippen molar-refractivity contribution in [2.24, 2.45) is 0 Å². The normalized spacial score (nSPS) is 29.2. The zero-order chi connectivity index (χ0) is 13.6. The Morgan fingerprint density at radius 2 is 2.33 bits per heavy atom. The van der Waals surface area contributed by atoms with E-state index in [0.29, 0.717) is 26.1 Å². The standard InChI is InChI=1S/C13H26N2O3/c1-4-5-7-14-12(16)10(2)15-9-13(17)6-8-18-11(13)3/h10-11,15,17H,4-9H2,1-3H3,(H,14,16). The SMILES string of the molecule is CCCCNC(=O)C(C)NCC1(O)CCOC1C. The van der Waals surface area contributed by atoms with Gasteiger partial charge in [0.25, 0.3) is 0 Å². The minimum atomic E-state index is -0.849. The van der Waals surface area contributed by atoms with E-state index < -0.39 is 5.60 Å². The molecule has 1 aliphatic rings. The molecule has 1 fully saturated rings. The van der Waals surface area contributed by atoms with Crippen LogP contribution in [0.25, 0.3) is 0 Å². The van der Waals surface area contributed by atoms with Crippen LogP contribution in [0.4, 0.5) is 0 Å². The van der Waals surface area contributed by atoms with Crippen molar-refractivity contribution in [1.29, 1.82) is 0 Å². The molecule has 18 heavy (non-hydrogen) atoms. The molecule has 1 heterocycles. The van der Waals surface area contributed by atoms with Gasteiger partial charge in [0.2, 0.25) is 5.91 Å². The molecule has 0 saturated carbocycles. The number of aliphatic hydroxyl groups is 1. The Balaban J connectivity index is 2.27. The summed E-state index contributed by atoms with van der Waals surface area (Å²) in [6.07, 6.45) is 2.50. The summed E-state index contributed by atoms with van der Waals surface area (Å²) in [6.45, 7) is 7.44. The Bertz CT molecular complexity index is 273. The second-order valence-electron chi connectivity index (χ2n) is 5.11. The first kappa shape index (κ1) is 15.4. The lowest BCUT2D eigenvalue weighted by Crippen LogP contribution is -2.51. The summed E-state index contributed by atoms with van der Waals surface area (Å²) in [5, 5.41) is 16.2. The van der Waals surface area contributed by atoms with Gasteiger partial charge in [-0.1, -0.05) is 13.3 Å². The van der Waals surface area contributed by atoms with Crippen LogP contribution in [-0.2, 0) is 9.53 Å². The molecule has 0 aromatic rings. The molecule has 1 amide bonds. The zero-order valence-corrected chi connectivity index (χ0v) is 11.7. The largest absolute Gasteiger partial charge is 0.386 e. The fourth-order valence-electron chi connectivity index (χ4n) is 1.97. The average Bonchev–Trinajstić information content (AvgIpc) is 2.67. The maximum absolute atomic E-state index is 11.7. The molecule has 1 rings (SSSR count). The van der Waals surface area contributed by atoms with E-state index in [0.717, 1.165) is 12.8 Å². The van der Waals surface area contributed by atoms with Gasteiger partial charge in [0.05, 0.1) is 12.1 Å². The van der Waals surface area contributed by atoms with E-state index in [1.165, 1.54) is 0 Å². The molecule has 1 saturated heterocycles. The van der Waals surface area contributed by atoms with Crippen LogP contribution in [0.3, 0.4) is 0 Å². The average molecular weight is 258 g/mol. The molecule has 0 aromatic carbocycles. The molecular formula is C13H26N2O3. The third kappa shape index (κ3) is 4.23. The first-order valence-corrected chi connectivity index (χ1v) is 6.84. The summed E-state index contributed by atoms with van der Waals surface area (Å²) >= 11 is 0. The number of amides is 1. The number of ether oxygens (including phenoxy) is 1. The molecule has 1 aliphatic heterocycles. The first-order chi connectivity index (χ1) is 8.49. The molecule has 3 atom stereocenters. The van der Waals surface area contributed by atoms with Crippen LogP contribution in [0.5, 0.6) is 0 Å². The molecule has 5 heteroatoms. The molecule has 0 bridgehead atoms. The van der Waals surface area contributed by atoms with Gasteiger partial charge in [-0.3, -0.25) is 4.79 Å². The van der Waals surface area contributed by atoms with Crippen molar-refractivity contribution < 1.29 is 14.6 Å². The Hall–Kier alpha value is -0.650. The number of carbonyl (C=O) groups is 1. The van der Waals surface area contributed by atoms with Gasteiger partial charge in [-0.05, 0) is 20.3 Å². The molecule has 3 unspecified atom stereocenters. The monoisotopic (exact) mass is 258 g/mol. The van der Waals surface area contributed by atoms with Crippen molar-refractivity contribution in [2.45, 2.75) is 57.8 Å². The summed E-state index contributed by atoms with van der Waals surface area (Å²) in [5.74, 6) is -0.0152. The number of hydrogen-bond donors (Lipinski definition) is 3. The van der Waals surface area contributed by atoms with Crippen molar-refractivity contribution in [3.05, 3.63) is 0 Å². The lowest BCUT2D eigenvalue weighted by Gasteiger charge is -2.27. The summed E-state index contributed by atoms with van der Waals surface area (Å²) in [5.41, 5.74) is -0.849. The van der Waals surface area contributed by atoms with Gasteiger partial charge < -0.3 is 20.5 Å². The first-order valence-electron chi connectivity index (χ1n) is 6.84. The molecular weight excluding hydrogens is 232 g/mol. The third-order valence-corrected chi connectivity index (χ3v) is 3.60. The molecule has 0 spiro atoms. The summed E-state index contributed by atoms with van der Waals surface area (Å²) in [4.78, 5) is 11.7. The Labute approximate surface area is 109 Å². The number of hydrogen-bond acceptors (Lipinski definition) is 4. The van der Waals surface area contributed by atoms with E-state index in [4.69, 9.17) is 4.74 Å². The molecule has 5 nitrogen and oxygen atoms in total. The highest BCUT2D eigenvalue weighted by Crippen LogP contribution is 2.24. The predicted molar refractivity (Wildman–Crippen MR) is 70.4 cm³/mol. The summed E-state index contributed by atoms with van der Waals surface area (Å²) in [6, 6.07) is -0.293. The van der Waals surface area contributed by atoms with E-state index in [1.54, 1.807) is 0 Å². The lowest BCUT2D eigenvalue weighted by molar-refractivity contribution is -0.123. The van der Waals surface area contributed by atoms with Crippen LogP contribution in [0.2, 0.25) is 0 Å². The van der Waals surface area contributed by atoms with Gasteiger partial charge in [0, 0.05) is 26.1 Å². The van der Waals surface area contributed by atoms with Crippen LogP contribution in [0, 0.1) is 0 Å². The number of rotatable bonds is 7. The molecule has 0 aliphatic carbocycles. The van der Waals surface area contributed by atoms with Crippen LogP contribution in [-0.4, -0.2) is 48.5 Å². The highest BCUT2D eigenvalue weighted by molar-refractivity contribution is 5.81. The van der Waals surface area contributed by atoms with Crippen LogP contribution in [0.15, 0.2) is 0 Å². The number of nitrogens with one attached hydrogen (secondary N) is 2. The second kappa shape index (κ2) is 7.07. The maximum Gasteiger partial charge on any atom is 0.236 e. The minimum Gasteiger partial charge on any atom is -0.386 e. The Morgan fingerprint density at radius 3 is 2.89 bits per heavy atom. The number of unbranched alkanes of at least 4 members (excludes halogenated alkanes) is 1. The van der Waals surface area contributed by atoms with Crippen molar-refractivity contribution >= 4 is 5.91 Å². The van der Waals surface area contributed by atoms with Crippen LogP contribution in [0.1, 0.15) is 40.0 Å². The van der Waals surface area contributed by atoms with Gasteiger partial charge in [0.1, 0.15) is 5.60 Å². The molecule has 106 valence electrons. The molecule has 0 aromatic heterocycles. The van der Waals surface area contributed by atoms with Crippen molar-refractivity contribution in [2.75, 3.05) is 19.7 Å². The molecule has 0 radical (unpaired) electrons. The quantitative estimate of drug-likeness (QED) is 0.579. The van der Waals surface area contributed by atoms with Crippen molar-refractivity contribution in [3.63, 3.8) is 0 Å². The van der Waals surface area contributed by atoms with Crippen LogP contribution >= 0.6 is 0 Å². The number of carbonyl (C=O) groups excluding carboxylic acids is 1. The van der Waals surface area contributed by atoms with Gasteiger partial charge in [-0.15, -0.1) is 0 Å². The van der Waals surface area contributed by atoms with E-state index in [9.17, 15) is 9.90 Å². The van der Waals surface area contributed by atoms with E-state index in [-0.39, 0.29) is 18.1 Å². The third-order valence-electron chi connectivity index (χ3n) is 3.60. The van der Waals surface area contributed by atoms with Crippen molar-refractivity contribution in [3.8, 4) is 0 Å². The van der Waals surface area contributed by atoms with E-state index >= 15 is 0 Å². The van der Waals surface area contributed by atoms with Gasteiger partial charge >= 0.3 is 0 Å². The molecule has 3 N–H and O–H groups in total. The van der Waals surface area contributed by atoms with Gasteiger partial charge in [-0.2, -0.15) is 0 Å². The second-order valence-corrected chi connectivity index (χ2v) is 5.11. The topological polar surface area (TPSA) is 70.6 Å². The zero-order valence-electron chi connectivity index (χ0n) is 11.7. The predicted octanol–water partition coefficient (Wildman–Crippen LogP) is 0.421. The summed E-state index contributed by atoms with van der Waals surface area (Å²) < 4.78 is 5.35. The lowest BCUT2D eigenvalue weighted by atomic mass is 9.96. The van der Waals surface area contributed by atoms with E-state index in [2.05, 4.69) is 17.6 Å². The smallest absolute Gasteiger partial charge is 0.236 e. The van der Waals surface area contributed by atoms with E-state index in [1.807, 2.05) is 13.8 Å². The highest BCUT2D eigenvalue weighted by Gasteiger charge is 2.39. The Morgan fingerprint density at radius 1 is 1.61 bits per heavy atom. The Kier molecular flexibility index (Phi) is 6.05. The fraction of sp³-hybridized carbons (Fsp3) is 0.923. The summed E-state index contributed by atoms with van der Waals surface area (Å²) in [7, 11) is 0. The maximum atomic E-state index is 11.7. The minimum absolute atomic E-state index is 0.0152. The van der Waals surface area contributed by atoms with Crippen molar-refractivity contribution in [1.82, 2.24) is 10.6 Å². The fourth-order valence-corrected chi connectivity index (χ4v) is 1.97. The highest BCUT2D eigenvalue weighted by atomic mass is 16.5. The van der Waals surface area contributed by atoms with Crippen LogP contribution < -0.4 is 10.6 Å². The van der Waals surface area contributed by atoms with Gasteiger partial charge in [-0.25, -0.2) is 0 Å². The van der Waals surface area contributed by atoms with Gasteiger partial charge in [0.15, 0.2) is 0 Å².